The van der Waals surface area contributed by atoms with Crippen LogP contribution in [0.4, 0.5) is 0 Å². The van der Waals surface area contributed by atoms with Crippen molar-refractivity contribution in [3.05, 3.63) is 0 Å². The van der Waals surface area contributed by atoms with Crippen molar-refractivity contribution in [1.29, 1.82) is 0 Å². The lowest BCUT2D eigenvalue weighted by Crippen LogP contribution is -2.52. The number of aliphatic hydroxyl groups is 1. The molecule has 1 heterocycles. The van der Waals surface area contributed by atoms with Crippen LogP contribution >= 0.6 is 0 Å². The molecule has 0 radical (unpaired) electrons. The minimum atomic E-state index is -3.30. The summed E-state index contributed by atoms with van der Waals surface area (Å²) in [7, 11) is -3.30. The number of rotatable bonds is 4. The molecule has 0 bridgehead atoms. The summed E-state index contributed by atoms with van der Waals surface area (Å²) < 4.78 is 25.4. The third kappa shape index (κ3) is 2.94. The van der Waals surface area contributed by atoms with Gasteiger partial charge in [0.15, 0.2) is 0 Å². The Morgan fingerprint density at radius 1 is 1.12 bits per heavy atom. The molecule has 0 aromatic rings. The summed E-state index contributed by atoms with van der Waals surface area (Å²) in [4.78, 5) is 2.26. The van der Waals surface area contributed by atoms with Gasteiger partial charge < -0.3 is 5.11 Å². The summed E-state index contributed by atoms with van der Waals surface area (Å²) in [5, 5.41) is 8.23. The van der Waals surface area contributed by atoms with Gasteiger partial charge in [0, 0.05) is 32.2 Å². The number of hydrogen-bond acceptors (Lipinski definition) is 4. The van der Waals surface area contributed by atoms with Crippen LogP contribution in [-0.4, -0.2) is 66.8 Å². The Labute approximate surface area is 98.1 Å². The molecule has 5 nitrogen and oxygen atoms in total. The summed E-state index contributed by atoms with van der Waals surface area (Å²) in [5.41, 5.74) is 0. The molecule has 1 aliphatic rings. The van der Waals surface area contributed by atoms with Crippen LogP contribution in [0.1, 0.15) is 20.8 Å². The molecule has 0 aromatic heterocycles. The minimum Gasteiger partial charge on any atom is -0.395 e. The average molecular weight is 250 g/mol. The van der Waals surface area contributed by atoms with Gasteiger partial charge in [0.2, 0.25) is 10.0 Å². The number of sulfonamides is 1. The van der Waals surface area contributed by atoms with Gasteiger partial charge >= 0.3 is 0 Å². The van der Waals surface area contributed by atoms with Crippen molar-refractivity contribution in [2.75, 3.05) is 32.8 Å². The van der Waals surface area contributed by atoms with Crippen molar-refractivity contribution in [2.24, 2.45) is 0 Å². The lowest BCUT2D eigenvalue weighted by atomic mass is 10.3. The summed E-state index contributed by atoms with van der Waals surface area (Å²) in [5.74, 6) is 0. The zero-order valence-corrected chi connectivity index (χ0v) is 11.1. The molecule has 1 N–H and O–H groups in total. The first kappa shape index (κ1) is 13.9. The summed E-state index contributed by atoms with van der Waals surface area (Å²) in [6.45, 7) is 8.07. The fourth-order valence-corrected chi connectivity index (χ4v) is 3.19. The topological polar surface area (TPSA) is 60.9 Å². The molecular formula is C10H22N2O3S. The lowest BCUT2D eigenvalue weighted by molar-refractivity contribution is 0.152. The highest BCUT2D eigenvalue weighted by atomic mass is 32.2. The standard InChI is InChI=1S/C10H22N2O3S/c1-9(2)11-4-6-12(7-5-11)16(14,15)10(3)8-13/h9-10,13H,4-8H2,1-3H3. The summed E-state index contributed by atoms with van der Waals surface area (Å²) in [6.07, 6.45) is 0. The molecule has 0 aliphatic carbocycles. The first-order valence-corrected chi connectivity index (χ1v) is 7.23. The SMILES string of the molecule is CC(C)N1CCN(S(=O)(=O)C(C)CO)CC1. The highest BCUT2D eigenvalue weighted by molar-refractivity contribution is 7.89. The Morgan fingerprint density at radius 2 is 1.62 bits per heavy atom. The smallest absolute Gasteiger partial charge is 0.219 e. The molecular weight excluding hydrogens is 228 g/mol. The maximum atomic E-state index is 11.9. The van der Waals surface area contributed by atoms with Crippen LogP contribution < -0.4 is 0 Å². The molecule has 0 saturated carbocycles. The number of nitrogens with zero attached hydrogens (tertiary/aromatic N) is 2. The average Bonchev–Trinajstić information content (AvgIpc) is 2.28. The normalized spacial score (nSPS) is 22.6. The van der Waals surface area contributed by atoms with Gasteiger partial charge in [-0.15, -0.1) is 0 Å². The van der Waals surface area contributed by atoms with Crippen molar-refractivity contribution in [2.45, 2.75) is 32.1 Å². The van der Waals surface area contributed by atoms with E-state index in [1.807, 2.05) is 0 Å². The predicted octanol–water partition coefficient (Wildman–Crippen LogP) is -0.277. The van der Waals surface area contributed by atoms with E-state index < -0.39 is 15.3 Å². The molecule has 0 aromatic carbocycles. The first-order chi connectivity index (χ1) is 7.39. The van der Waals surface area contributed by atoms with Gasteiger partial charge in [-0.05, 0) is 20.8 Å². The van der Waals surface area contributed by atoms with Gasteiger partial charge in [-0.1, -0.05) is 0 Å². The lowest BCUT2D eigenvalue weighted by Gasteiger charge is -2.37. The van der Waals surface area contributed by atoms with E-state index >= 15 is 0 Å². The van der Waals surface area contributed by atoms with Crippen molar-refractivity contribution in [1.82, 2.24) is 9.21 Å². The largest absolute Gasteiger partial charge is 0.395 e. The van der Waals surface area contributed by atoms with Crippen LogP contribution in [0, 0.1) is 0 Å². The number of aliphatic hydroxyl groups excluding tert-OH is 1. The highest BCUT2D eigenvalue weighted by Gasteiger charge is 2.31. The molecule has 1 unspecified atom stereocenters. The second-order valence-electron chi connectivity index (χ2n) is 4.57. The van der Waals surface area contributed by atoms with E-state index in [2.05, 4.69) is 18.7 Å². The van der Waals surface area contributed by atoms with E-state index in [0.29, 0.717) is 19.1 Å². The van der Waals surface area contributed by atoms with Crippen LogP contribution in [0.2, 0.25) is 0 Å². The van der Waals surface area contributed by atoms with Gasteiger partial charge in [-0.25, -0.2) is 8.42 Å². The highest BCUT2D eigenvalue weighted by Crippen LogP contribution is 2.13. The quantitative estimate of drug-likeness (QED) is 0.746. The van der Waals surface area contributed by atoms with Crippen LogP contribution in [0.5, 0.6) is 0 Å². The molecule has 1 rings (SSSR count). The van der Waals surface area contributed by atoms with Crippen LogP contribution in [0.3, 0.4) is 0 Å². The van der Waals surface area contributed by atoms with E-state index in [4.69, 9.17) is 5.11 Å². The molecule has 1 fully saturated rings. The Kier molecular flexibility index (Phi) is 4.73. The van der Waals surface area contributed by atoms with Crippen molar-refractivity contribution >= 4 is 10.0 Å². The predicted molar refractivity (Wildman–Crippen MR) is 63.7 cm³/mol. The van der Waals surface area contributed by atoms with Crippen molar-refractivity contribution in [3.63, 3.8) is 0 Å². The van der Waals surface area contributed by atoms with Crippen molar-refractivity contribution in [3.8, 4) is 0 Å². The molecule has 16 heavy (non-hydrogen) atoms. The maximum Gasteiger partial charge on any atom is 0.219 e. The Bertz CT molecular complexity index is 308. The fourth-order valence-electron chi connectivity index (χ4n) is 1.82. The summed E-state index contributed by atoms with van der Waals surface area (Å²) >= 11 is 0. The number of piperazine rings is 1. The van der Waals surface area contributed by atoms with Gasteiger partial charge in [0.25, 0.3) is 0 Å². The zero-order chi connectivity index (χ0) is 12.3. The molecule has 0 spiro atoms. The maximum absolute atomic E-state index is 11.9. The second kappa shape index (κ2) is 5.44. The molecule has 6 heteroatoms. The third-order valence-electron chi connectivity index (χ3n) is 3.13. The molecule has 1 atom stereocenters. The monoisotopic (exact) mass is 250 g/mol. The first-order valence-electron chi connectivity index (χ1n) is 5.73. The van der Waals surface area contributed by atoms with E-state index in [1.165, 1.54) is 4.31 Å². The Hall–Kier alpha value is -0.170. The van der Waals surface area contributed by atoms with Gasteiger partial charge in [0.1, 0.15) is 0 Å². The van der Waals surface area contributed by atoms with Gasteiger partial charge in [0.05, 0.1) is 11.9 Å². The minimum absolute atomic E-state index is 0.313. The third-order valence-corrected chi connectivity index (χ3v) is 5.38. The fraction of sp³-hybridized carbons (Fsp3) is 1.00. The van der Waals surface area contributed by atoms with Crippen molar-refractivity contribution < 1.29 is 13.5 Å². The van der Waals surface area contributed by atoms with Gasteiger partial charge in [-0.3, -0.25) is 4.90 Å². The van der Waals surface area contributed by atoms with Crippen LogP contribution in [0.15, 0.2) is 0 Å². The van der Waals surface area contributed by atoms with E-state index in [1.54, 1.807) is 6.92 Å². The Morgan fingerprint density at radius 3 is 2.00 bits per heavy atom. The zero-order valence-electron chi connectivity index (χ0n) is 10.3. The second-order valence-corrected chi connectivity index (χ2v) is 6.92. The Balaban J connectivity index is 2.60. The van der Waals surface area contributed by atoms with Crippen LogP contribution in [-0.2, 0) is 10.0 Å². The van der Waals surface area contributed by atoms with Crippen LogP contribution in [0.25, 0.3) is 0 Å². The number of hydrogen-bond donors (Lipinski definition) is 1. The molecule has 96 valence electrons. The van der Waals surface area contributed by atoms with Gasteiger partial charge in [-0.2, -0.15) is 4.31 Å². The molecule has 1 aliphatic heterocycles. The molecule has 1 saturated heterocycles. The van der Waals surface area contributed by atoms with E-state index in [9.17, 15) is 8.42 Å². The summed E-state index contributed by atoms with van der Waals surface area (Å²) in [6, 6.07) is 0.458. The van der Waals surface area contributed by atoms with E-state index in [0.717, 1.165) is 13.1 Å². The van der Waals surface area contributed by atoms with E-state index in [-0.39, 0.29) is 6.61 Å². The molecule has 0 amide bonds.